The number of hydrogen-bond donors (Lipinski definition) is 1. The predicted octanol–water partition coefficient (Wildman–Crippen LogP) is 0.453. The molecule has 2 N–H and O–H groups in total. The van der Waals surface area contributed by atoms with Gasteiger partial charge in [0.15, 0.2) is 0 Å². The minimum absolute atomic E-state index is 0.0373. The van der Waals surface area contributed by atoms with Crippen molar-refractivity contribution in [3.8, 4) is 0 Å². The van der Waals surface area contributed by atoms with E-state index in [0.29, 0.717) is 18.3 Å². The molecule has 1 saturated heterocycles. The summed E-state index contributed by atoms with van der Waals surface area (Å²) in [6.07, 6.45) is 2.04. The lowest BCUT2D eigenvalue weighted by Gasteiger charge is -2.30. The van der Waals surface area contributed by atoms with Crippen LogP contribution in [0, 0.1) is 0 Å². The van der Waals surface area contributed by atoms with E-state index < -0.39 is 0 Å². The van der Waals surface area contributed by atoms with Gasteiger partial charge in [0.2, 0.25) is 11.7 Å². The highest BCUT2D eigenvalue weighted by molar-refractivity contribution is 5.16. The molecule has 0 radical (unpaired) electrons. The Balaban J connectivity index is 1.73. The van der Waals surface area contributed by atoms with E-state index in [9.17, 15) is 0 Å². The van der Waals surface area contributed by atoms with E-state index in [2.05, 4.69) is 22.0 Å². The molecule has 0 spiro atoms. The van der Waals surface area contributed by atoms with Gasteiger partial charge in [0.05, 0.1) is 12.0 Å². The summed E-state index contributed by atoms with van der Waals surface area (Å²) in [5.41, 5.74) is 5.73. The van der Waals surface area contributed by atoms with Gasteiger partial charge in [-0.2, -0.15) is 4.98 Å². The number of aromatic nitrogens is 2. The normalized spacial score (nSPS) is 27.3. The highest BCUT2D eigenvalue weighted by atomic mass is 16.5. The monoisotopic (exact) mass is 252 g/mol. The van der Waals surface area contributed by atoms with Gasteiger partial charge in [-0.3, -0.25) is 4.90 Å². The molecular weight excluding hydrogens is 232 g/mol. The van der Waals surface area contributed by atoms with Crippen LogP contribution in [0.4, 0.5) is 0 Å². The van der Waals surface area contributed by atoms with Crippen molar-refractivity contribution in [2.45, 2.75) is 31.3 Å². The van der Waals surface area contributed by atoms with Gasteiger partial charge in [-0.05, 0) is 19.4 Å². The quantitative estimate of drug-likeness (QED) is 0.838. The zero-order valence-corrected chi connectivity index (χ0v) is 10.8. The van der Waals surface area contributed by atoms with Crippen LogP contribution in [0.5, 0.6) is 0 Å². The fourth-order valence-electron chi connectivity index (χ4n) is 2.38. The molecule has 0 amide bonds. The first-order valence-electron chi connectivity index (χ1n) is 6.65. The highest BCUT2D eigenvalue weighted by Crippen LogP contribution is 2.46. The summed E-state index contributed by atoms with van der Waals surface area (Å²) in [5, 5.41) is 4.07. The van der Waals surface area contributed by atoms with Crippen molar-refractivity contribution in [1.29, 1.82) is 0 Å². The number of ether oxygens (including phenoxy) is 1. The van der Waals surface area contributed by atoms with Crippen LogP contribution in [0.1, 0.15) is 37.6 Å². The standard InChI is InChI=1S/C12H20N4O2/c1-2-16-5-6-17-9(7-16)10-14-11(18-15-10)12(8-13)3-4-12/h9H,2-8,13H2,1H3. The van der Waals surface area contributed by atoms with Crippen molar-refractivity contribution in [3.05, 3.63) is 11.7 Å². The molecule has 1 atom stereocenters. The molecule has 1 unspecified atom stereocenters. The van der Waals surface area contributed by atoms with E-state index >= 15 is 0 Å². The van der Waals surface area contributed by atoms with E-state index in [-0.39, 0.29) is 11.5 Å². The van der Waals surface area contributed by atoms with Crippen molar-refractivity contribution < 1.29 is 9.26 Å². The Hall–Kier alpha value is -0.980. The first kappa shape index (κ1) is 12.1. The van der Waals surface area contributed by atoms with Crippen LogP contribution in [0.2, 0.25) is 0 Å². The zero-order chi connectivity index (χ0) is 12.6. The molecule has 1 aliphatic heterocycles. The van der Waals surface area contributed by atoms with Crippen molar-refractivity contribution >= 4 is 0 Å². The summed E-state index contributed by atoms with van der Waals surface area (Å²) < 4.78 is 11.1. The second-order valence-electron chi connectivity index (χ2n) is 5.19. The molecule has 100 valence electrons. The van der Waals surface area contributed by atoms with Gasteiger partial charge in [0.1, 0.15) is 6.10 Å². The molecule has 0 bridgehead atoms. The second kappa shape index (κ2) is 4.60. The van der Waals surface area contributed by atoms with Crippen LogP contribution in [0.25, 0.3) is 0 Å². The third kappa shape index (κ3) is 2.04. The maximum atomic E-state index is 5.76. The first-order chi connectivity index (χ1) is 8.77. The molecular formula is C12H20N4O2. The topological polar surface area (TPSA) is 77.4 Å². The Morgan fingerprint density at radius 3 is 3.00 bits per heavy atom. The summed E-state index contributed by atoms with van der Waals surface area (Å²) in [6, 6.07) is 0. The van der Waals surface area contributed by atoms with E-state index in [1.807, 2.05) is 0 Å². The molecule has 1 aliphatic carbocycles. The number of nitrogens with zero attached hydrogens (tertiary/aromatic N) is 3. The Labute approximate surface area is 106 Å². The smallest absolute Gasteiger partial charge is 0.234 e. The SMILES string of the molecule is CCN1CCOC(c2noc(C3(CN)CC3)n2)C1. The molecule has 0 aromatic carbocycles. The molecule has 2 fully saturated rings. The van der Waals surface area contributed by atoms with Crippen LogP contribution in [0.3, 0.4) is 0 Å². The van der Waals surface area contributed by atoms with Crippen LogP contribution in [-0.4, -0.2) is 47.8 Å². The number of likely N-dealkylation sites (N-methyl/N-ethyl adjacent to an activating group) is 1. The average molecular weight is 252 g/mol. The van der Waals surface area contributed by atoms with E-state index in [1.165, 1.54) is 0 Å². The molecule has 2 heterocycles. The van der Waals surface area contributed by atoms with Crippen LogP contribution < -0.4 is 5.73 Å². The maximum Gasteiger partial charge on any atom is 0.234 e. The van der Waals surface area contributed by atoms with Gasteiger partial charge in [-0.25, -0.2) is 0 Å². The van der Waals surface area contributed by atoms with Gasteiger partial charge in [-0.15, -0.1) is 0 Å². The summed E-state index contributed by atoms with van der Waals surface area (Å²) in [5.74, 6) is 1.36. The van der Waals surface area contributed by atoms with Gasteiger partial charge in [0, 0.05) is 19.6 Å². The van der Waals surface area contributed by atoms with Crippen LogP contribution in [0.15, 0.2) is 4.52 Å². The van der Waals surface area contributed by atoms with Gasteiger partial charge in [-0.1, -0.05) is 12.1 Å². The minimum atomic E-state index is -0.0650. The third-order valence-electron chi connectivity index (χ3n) is 4.03. The molecule has 1 saturated carbocycles. The maximum absolute atomic E-state index is 5.76. The predicted molar refractivity (Wildman–Crippen MR) is 65.1 cm³/mol. The zero-order valence-electron chi connectivity index (χ0n) is 10.8. The van der Waals surface area contributed by atoms with Gasteiger partial charge in [0.25, 0.3) is 0 Å². The summed E-state index contributed by atoms with van der Waals surface area (Å²) in [7, 11) is 0. The highest BCUT2D eigenvalue weighted by Gasteiger charge is 2.48. The van der Waals surface area contributed by atoms with Crippen molar-refractivity contribution in [2.75, 3.05) is 32.8 Å². The Morgan fingerprint density at radius 2 is 2.33 bits per heavy atom. The van der Waals surface area contributed by atoms with Crippen molar-refractivity contribution in [2.24, 2.45) is 5.73 Å². The lowest BCUT2D eigenvalue weighted by Crippen LogP contribution is -2.38. The lowest BCUT2D eigenvalue weighted by atomic mass is 10.1. The molecule has 6 heteroatoms. The van der Waals surface area contributed by atoms with E-state index in [4.69, 9.17) is 15.0 Å². The summed E-state index contributed by atoms with van der Waals surface area (Å²) >= 11 is 0. The van der Waals surface area contributed by atoms with Gasteiger partial charge < -0.3 is 15.0 Å². The van der Waals surface area contributed by atoms with Gasteiger partial charge >= 0.3 is 0 Å². The average Bonchev–Trinajstić information content (AvgIpc) is 3.08. The Morgan fingerprint density at radius 1 is 1.50 bits per heavy atom. The second-order valence-corrected chi connectivity index (χ2v) is 5.19. The third-order valence-corrected chi connectivity index (χ3v) is 4.03. The van der Waals surface area contributed by atoms with E-state index in [1.54, 1.807) is 0 Å². The number of hydrogen-bond acceptors (Lipinski definition) is 6. The Kier molecular flexibility index (Phi) is 3.09. The Bertz CT molecular complexity index is 416. The number of morpholine rings is 1. The van der Waals surface area contributed by atoms with Crippen LogP contribution in [-0.2, 0) is 10.2 Å². The van der Waals surface area contributed by atoms with Crippen LogP contribution >= 0.6 is 0 Å². The minimum Gasteiger partial charge on any atom is -0.367 e. The molecule has 3 rings (SSSR count). The van der Waals surface area contributed by atoms with E-state index in [0.717, 1.165) is 39.1 Å². The van der Waals surface area contributed by atoms with Crippen molar-refractivity contribution in [3.63, 3.8) is 0 Å². The number of nitrogens with two attached hydrogens (primary N) is 1. The van der Waals surface area contributed by atoms with Crippen molar-refractivity contribution in [1.82, 2.24) is 15.0 Å². The number of rotatable bonds is 4. The molecule has 1 aromatic rings. The molecule has 2 aliphatic rings. The summed E-state index contributed by atoms with van der Waals surface area (Å²) in [4.78, 5) is 6.83. The molecule has 6 nitrogen and oxygen atoms in total. The fourth-order valence-corrected chi connectivity index (χ4v) is 2.38. The largest absolute Gasteiger partial charge is 0.367 e. The summed E-state index contributed by atoms with van der Waals surface area (Å²) in [6.45, 7) is 6.30. The lowest BCUT2D eigenvalue weighted by molar-refractivity contribution is -0.0334. The molecule has 1 aromatic heterocycles. The molecule has 18 heavy (non-hydrogen) atoms. The first-order valence-corrected chi connectivity index (χ1v) is 6.65. The fraction of sp³-hybridized carbons (Fsp3) is 0.833.